The average molecular weight is 713 g/mol. The number of benzene rings is 4. The maximum absolute atomic E-state index is 14.7. The summed E-state index contributed by atoms with van der Waals surface area (Å²) in [7, 11) is -1.41. The van der Waals surface area contributed by atoms with Gasteiger partial charge in [0.15, 0.2) is 11.5 Å². The van der Waals surface area contributed by atoms with Crippen molar-refractivity contribution in [2.45, 2.75) is 37.8 Å². The third-order valence-corrected chi connectivity index (χ3v) is 10.1. The Kier molecular flexibility index (Phi) is 12.7. The lowest BCUT2D eigenvalue weighted by Gasteiger charge is -2.34. The molecule has 0 aliphatic rings. The summed E-state index contributed by atoms with van der Waals surface area (Å²) in [6, 6.07) is 25.6. The molecular weight excluding hydrogens is 673 g/mol. The number of anilines is 1. The summed E-state index contributed by atoms with van der Waals surface area (Å²) < 4.78 is 40.3. The number of amides is 2. The Hall–Kier alpha value is -4.25. The zero-order chi connectivity index (χ0) is 34.8. The number of nitrogens with one attached hydrogen (secondary N) is 1. The van der Waals surface area contributed by atoms with Crippen molar-refractivity contribution in [2.24, 2.45) is 5.92 Å². The molecule has 4 aromatic rings. The van der Waals surface area contributed by atoms with Gasteiger partial charge in [0.05, 0.1) is 24.8 Å². The molecule has 0 aromatic heterocycles. The van der Waals surface area contributed by atoms with Gasteiger partial charge in [0.1, 0.15) is 12.6 Å². The van der Waals surface area contributed by atoms with Gasteiger partial charge in [0, 0.05) is 41.2 Å². The third-order valence-electron chi connectivity index (χ3n) is 7.61. The van der Waals surface area contributed by atoms with Crippen molar-refractivity contribution in [1.29, 1.82) is 0 Å². The predicted molar refractivity (Wildman–Crippen MR) is 189 cm³/mol. The van der Waals surface area contributed by atoms with Crippen molar-refractivity contribution in [2.75, 3.05) is 31.6 Å². The molecule has 0 spiro atoms. The fourth-order valence-electron chi connectivity index (χ4n) is 5.06. The lowest BCUT2D eigenvalue weighted by atomic mass is 10.0. The van der Waals surface area contributed by atoms with E-state index in [-0.39, 0.29) is 35.2 Å². The Bertz CT molecular complexity index is 1790. The smallest absolute Gasteiger partial charge is 0.264 e. The van der Waals surface area contributed by atoms with E-state index in [9.17, 15) is 18.0 Å². The SMILES string of the molecule is COc1ccc(N(CC(=O)N(Cc2c(Cl)cccc2Cl)C(Cc2ccccc2)C(=O)NCC(C)C)S(=O)(=O)c2ccccc2)cc1OC. The van der Waals surface area contributed by atoms with Crippen LogP contribution in [0.2, 0.25) is 10.0 Å². The minimum atomic E-state index is -4.31. The zero-order valence-corrected chi connectivity index (χ0v) is 29.6. The summed E-state index contributed by atoms with van der Waals surface area (Å²) in [4.78, 5) is 30.0. The van der Waals surface area contributed by atoms with Crippen LogP contribution < -0.4 is 19.1 Å². The average Bonchev–Trinajstić information content (AvgIpc) is 3.09. The van der Waals surface area contributed by atoms with E-state index >= 15 is 0 Å². The number of methoxy groups -OCH3 is 2. The van der Waals surface area contributed by atoms with Gasteiger partial charge in [0.25, 0.3) is 10.0 Å². The van der Waals surface area contributed by atoms with Crippen LogP contribution >= 0.6 is 23.2 Å². The van der Waals surface area contributed by atoms with Gasteiger partial charge >= 0.3 is 0 Å². The standard InChI is InChI=1S/C36H39Cl2N3O6S/c1-25(2)22-39-36(43)32(20-26-12-7-5-8-13-26)40(23-29-30(37)16-11-17-31(29)38)35(42)24-41(48(44,45)28-14-9-6-10-15-28)27-18-19-33(46-3)34(21-27)47-4/h5-19,21,25,32H,20,22-24H2,1-4H3,(H,39,43). The van der Waals surface area contributed by atoms with Crippen molar-refractivity contribution >= 4 is 50.7 Å². The highest BCUT2D eigenvalue weighted by Crippen LogP contribution is 2.34. The zero-order valence-electron chi connectivity index (χ0n) is 27.2. The molecule has 0 fully saturated rings. The number of nitrogens with zero attached hydrogens (tertiary/aromatic N) is 2. The summed E-state index contributed by atoms with van der Waals surface area (Å²) in [6.45, 7) is 3.49. The number of carbonyl (C=O) groups is 2. The van der Waals surface area contributed by atoms with Crippen molar-refractivity contribution < 1.29 is 27.5 Å². The fraction of sp³-hybridized carbons (Fsp3) is 0.278. The number of ether oxygens (including phenoxy) is 2. The summed E-state index contributed by atoms with van der Waals surface area (Å²) in [5.74, 6) is -0.256. The normalized spacial score (nSPS) is 11.9. The van der Waals surface area contributed by atoms with Gasteiger partial charge in [-0.25, -0.2) is 8.42 Å². The highest BCUT2D eigenvalue weighted by molar-refractivity contribution is 7.92. The lowest BCUT2D eigenvalue weighted by Crippen LogP contribution is -2.53. The fourth-order valence-corrected chi connectivity index (χ4v) is 7.00. The molecule has 48 heavy (non-hydrogen) atoms. The minimum absolute atomic E-state index is 0.0243. The monoisotopic (exact) mass is 711 g/mol. The number of hydrogen-bond donors (Lipinski definition) is 1. The highest BCUT2D eigenvalue weighted by atomic mass is 35.5. The summed E-state index contributed by atoms with van der Waals surface area (Å²) >= 11 is 13.2. The van der Waals surface area contributed by atoms with E-state index in [2.05, 4.69) is 5.32 Å². The molecule has 1 N–H and O–H groups in total. The first kappa shape index (κ1) is 36.6. The van der Waals surface area contributed by atoms with E-state index in [4.69, 9.17) is 32.7 Å². The van der Waals surface area contributed by atoms with Crippen molar-refractivity contribution in [3.8, 4) is 11.5 Å². The van der Waals surface area contributed by atoms with E-state index in [0.717, 1.165) is 9.87 Å². The third kappa shape index (κ3) is 9.00. The lowest BCUT2D eigenvalue weighted by molar-refractivity contribution is -0.140. The van der Waals surface area contributed by atoms with Crippen LogP contribution in [0.15, 0.2) is 102 Å². The van der Waals surface area contributed by atoms with Crippen molar-refractivity contribution in [1.82, 2.24) is 10.2 Å². The Morgan fingerprint density at radius 2 is 1.42 bits per heavy atom. The second-order valence-electron chi connectivity index (χ2n) is 11.4. The molecule has 0 bridgehead atoms. The molecule has 4 rings (SSSR count). The van der Waals surface area contributed by atoms with Crippen LogP contribution in [0.3, 0.4) is 0 Å². The molecule has 0 aliphatic carbocycles. The summed E-state index contributed by atoms with van der Waals surface area (Å²) in [5, 5.41) is 3.56. The first-order valence-electron chi connectivity index (χ1n) is 15.3. The van der Waals surface area contributed by atoms with Gasteiger partial charge in [-0.3, -0.25) is 13.9 Å². The Morgan fingerprint density at radius 1 is 0.812 bits per heavy atom. The van der Waals surface area contributed by atoms with Crippen LogP contribution in [0.4, 0.5) is 5.69 Å². The second-order valence-corrected chi connectivity index (χ2v) is 14.1. The molecule has 4 aromatic carbocycles. The van der Waals surface area contributed by atoms with E-state index in [1.807, 2.05) is 44.2 Å². The van der Waals surface area contributed by atoms with Crippen LogP contribution in [-0.2, 0) is 32.6 Å². The van der Waals surface area contributed by atoms with Gasteiger partial charge < -0.3 is 19.7 Å². The van der Waals surface area contributed by atoms with Crippen LogP contribution in [0.1, 0.15) is 25.0 Å². The maximum atomic E-state index is 14.7. The van der Waals surface area contributed by atoms with E-state index in [0.29, 0.717) is 27.9 Å². The van der Waals surface area contributed by atoms with Crippen molar-refractivity contribution in [3.63, 3.8) is 0 Å². The Labute approximate surface area is 292 Å². The molecule has 0 saturated heterocycles. The molecule has 0 radical (unpaired) electrons. The summed E-state index contributed by atoms with van der Waals surface area (Å²) in [5.41, 5.74) is 1.39. The van der Waals surface area contributed by atoms with Crippen LogP contribution in [0, 0.1) is 5.92 Å². The number of carbonyl (C=O) groups excluding carboxylic acids is 2. The molecule has 2 amide bonds. The van der Waals surface area contributed by atoms with Crippen LogP contribution in [-0.4, -0.2) is 58.5 Å². The van der Waals surface area contributed by atoms with Gasteiger partial charge in [-0.1, -0.05) is 91.6 Å². The van der Waals surface area contributed by atoms with Crippen LogP contribution in [0.5, 0.6) is 11.5 Å². The first-order valence-corrected chi connectivity index (χ1v) is 17.5. The largest absolute Gasteiger partial charge is 0.493 e. The Morgan fingerprint density at radius 3 is 2.00 bits per heavy atom. The molecule has 0 heterocycles. The maximum Gasteiger partial charge on any atom is 0.264 e. The molecule has 254 valence electrons. The molecule has 12 heteroatoms. The highest BCUT2D eigenvalue weighted by Gasteiger charge is 2.35. The van der Waals surface area contributed by atoms with Gasteiger partial charge in [-0.15, -0.1) is 0 Å². The van der Waals surface area contributed by atoms with Crippen LogP contribution in [0.25, 0.3) is 0 Å². The van der Waals surface area contributed by atoms with E-state index < -0.39 is 34.4 Å². The van der Waals surface area contributed by atoms with E-state index in [1.54, 1.807) is 42.5 Å². The number of hydrogen-bond acceptors (Lipinski definition) is 6. The first-order chi connectivity index (χ1) is 23.0. The molecule has 0 aliphatic heterocycles. The van der Waals surface area contributed by atoms with E-state index in [1.165, 1.54) is 43.4 Å². The topological polar surface area (TPSA) is 105 Å². The second kappa shape index (κ2) is 16.7. The van der Waals surface area contributed by atoms with Gasteiger partial charge in [0.2, 0.25) is 11.8 Å². The summed E-state index contributed by atoms with van der Waals surface area (Å²) in [6.07, 6.45) is 0.153. The molecule has 9 nitrogen and oxygen atoms in total. The number of rotatable bonds is 15. The molecule has 1 atom stereocenters. The Balaban J connectivity index is 1.86. The minimum Gasteiger partial charge on any atom is -0.493 e. The number of halogens is 2. The van der Waals surface area contributed by atoms with Gasteiger partial charge in [-0.05, 0) is 47.9 Å². The molecular formula is C36H39Cl2N3O6S. The van der Waals surface area contributed by atoms with Gasteiger partial charge in [-0.2, -0.15) is 0 Å². The molecule has 1 unspecified atom stereocenters. The van der Waals surface area contributed by atoms with Crippen molar-refractivity contribution in [3.05, 3.63) is 118 Å². The quantitative estimate of drug-likeness (QED) is 0.149. The predicted octanol–water partition coefficient (Wildman–Crippen LogP) is 6.62. The molecule has 0 saturated carbocycles. The number of sulfonamides is 1.